The number of carbonyl (C=O) groups excluding carboxylic acids is 1. The first kappa shape index (κ1) is 18.4. The summed E-state index contributed by atoms with van der Waals surface area (Å²) in [5, 5.41) is 8.97. The minimum absolute atomic E-state index is 0.0251. The van der Waals surface area contributed by atoms with Crippen molar-refractivity contribution < 1.29 is 13.6 Å². The summed E-state index contributed by atoms with van der Waals surface area (Å²) in [6, 6.07) is 19.2. The van der Waals surface area contributed by atoms with Crippen LogP contribution in [0.25, 0.3) is 22.4 Å². The number of rotatable bonds is 6. The van der Waals surface area contributed by atoms with Gasteiger partial charge in [0.15, 0.2) is 5.78 Å². The van der Waals surface area contributed by atoms with Gasteiger partial charge in [0, 0.05) is 22.7 Å². The molecule has 0 bridgehead atoms. The summed E-state index contributed by atoms with van der Waals surface area (Å²) in [5.74, 6) is 1.04. The van der Waals surface area contributed by atoms with E-state index in [9.17, 15) is 4.79 Å². The fourth-order valence-electron chi connectivity index (χ4n) is 3.39. The van der Waals surface area contributed by atoms with Gasteiger partial charge in [0.25, 0.3) is 11.1 Å². The molecular formula is C23H17N3O3S. The molecule has 6 nitrogen and oxygen atoms in total. The molecule has 0 aliphatic rings. The minimum atomic E-state index is -0.524. The Morgan fingerprint density at radius 2 is 1.83 bits per heavy atom. The third-order valence-corrected chi connectivity index (χ3v) is 6.00. The summed E-state index contributed by atoms with van der Waals surface area (Å²) in [6.45, 7) is 1.83. The molecule has 1 atom stereocenters. The second-order valence-electron chi connectivity index (χ2n) is 6.78. The van der Waals surface area contributed by atoms with E-state index in [4.69, 9.17) is 8.83 Å². The smallest absolute Gasteiger partial charge is 0.277 e. The molecule has 3 aromatic heterocycles. The van der Waals surface area contributed by atoms with E-state index in [2.05, 4.69) is 15.2 Å². The second kappa shape index (κ2) is 7.68. The van der Waals surface area contributed by atoms with Gasteiger partial charge in [-0.2, -0.15) is 0 Å². The van der Waals surface area contributed by atoms with E-state index in [-0.39, 0.29) is 5.78 Å². The number of aryl methyl sites for hydroxylation is 1. The van der Waals surface area contributed by atoms with E-state index < -0.39 is 5.25 Å². The molecule has 148 valence electrons. The quantitative estimate of drug-likeness (QED) is 0.277. The van der Waals surface area contributed by atoms with Crippen LogP contribution in [0.15, 0.2) is 87.2 Å². The van der Waals surface area contributed by atoms with E-state index in [1.165, 1.54) is 11.8 Å². The van der Waals surface area contributed by atoms with E-state index in [0.717, 1.165) is 22.0 Å². The van der Waals surface area contributed by atoms with Crippen LogP contribution < -0.4 is 0 Å². The molecule has 5 rings (SSSR count). The molecule has 5 aromatic rings. The van der Waals surface area contributed by atoms with Gasteiger partial charge in [-0.3, -0.25) is 4.79 Å². The van der Waals surface area contributed by atoms with Crippen LogP contribution in [0, 0.1) is 6.92 Å². The number of nitrogens with zero attached hydrogens (tertiary/aromatic N) is 2. The summed E-state index contributed by atoms with van der Waals surface area (Å²) in [7, 11) is 0. The zero-order chi connectivity index (χ0) is 20.5. The summed E-state index contributed by atoms with van der Waals surface area (Å²) in [4.78, 5) is 16.7. The van der Waals surface area contributed by atoms with Crippen molar-refractivity contribution >= 4 is 28.4 Å². The number of benzene rings is 2. The normalized spacial score (nSPS) is 12.3. The lowest BCUT2D eigenvalue weighted by Gasteiger charge is -2.13. The van der Waals surface area contributed by atoms with Crippen molar-refractivity contribution in [2.75, 3.05) is 0 Å². The number of aromatic amines is 1. The molecule has 0 aliphatic carbocycles. The summed E-state index contributed by atoms with van der Waals surface area (Å²) in [6.07, 6.45) is 3.34. The van der Waals surface area contributed by atoms with Gasteiger partial charge in [-0.25, -0.2) is 0 Å². The number of furan rings is 1. The van der Waals surface area contributed by atoms with Crippen LogP contribution in [0.4, 0.5) is 0 Å². The predicted molar refractivity (Wildman–Crippen MR) is 114 cm³/mol. The van der Waals surface area contributed by atoms with Crippen molar-refractivity contribution in [3.05, 3.63) is 90.0 Å². The van der Waals surface area contributed by atoms with Crippen LogP contribution in [0.3, 0.4) is 0 Å². The molecule has 2 aromatic carbocycles. The molecule has 0 saturated heterocycles. The van der Waals surface area contributed by atoms with Crippen LogP contribution in [0.5, 0.6) is 0 Å². The van der Waals surface area contributed by atoms with Gasteiger partial charge in [0.1, 0.15) is 11.0 Å². The van der Waals surface area contributed by atoms with Gasteiger partial charge in [0.2, 0.25) is 0 Å². The van der Waals surface area contributed by atoms with E-state index >= 15 is 0 Å². The maximum Gasteiger partial charge on any atom is 0.277 e. The molecule has 3 heterocycles. The van der Waals surface area contributed by atoms with Crippen molar-refractivity contribution in [1.82, 2.24) is 15.2 Å². The van der Waals surface area contributed by atoms with Gasteiger partial charge in [-0.05, 0) is 36.4 Å². The zero-order valence-electron chi connectivity index (χ0n) is 16.0. The summed E-state index contributed by atoms with van der Waals surface area (Å²) < 4.78 is 11.2. The third-order valence-electron chi connectivity index (χ3n) is 4.91. The summed E-state index contributed by atoms with van der Waals surface area (Å²) in [5.41, 5.74) is 3.18. The largest absolute Gasteiger partial charge is 0.469 e. The number of fused-ring (bicyclic) bond motifs is 1. The number of para-hydroxylation sites is 1. The maximum absolute atomic E-state index is 13.6. The third kappa shape index (κ3) is 3.33. The fourth-order valence-corrected chi connectivity index (χ4v) is 4.34. The van der Waals surface area contributed by atoms with E-state index in [1.54, 1.807) is 18.5 Å². The van der Waals surface area contributed by atoms with E-state index in [1.807, 2.05) is 61.5 Å². The molecule has 7 heteroatoms. The van der Waals surface area contributed by atoms with Crippen molar-refractivity contribution in [3.8, 4) is 11.5 Å². The minimum Gasteiger partial charge on any atom is -0.469 e. The molecule has 0 amide bonds. The Labute approximate surface area is 176 Å². The van der Waals surface area contributed by atoms with Crippen LogP contribution in [0.1, 0.15) is 26.9 Å². The molecule has 1 N–H and O–H groups in total. The number of hydrogen-bond acceptors (Lipinski definition) is 6. The summed E-state index contributed by atoms with van der Waals surface area (Å²) >= 11 is 1.25. The Morgan fingerprint density at radius 3 is 2.63 bits per heavy atom. The van der Waals surface area contributed by atoms with Crippen molar-refractivity contribution in [2.24, 2.45) is 0 Å². The first-order valence-corrected chi connectivity index (χ1v) is 10.3. The highest BCUT2D eigenvalue weighted by Crippen LogP contribution is 2.39. The van der Waals surface area contributed by atoms with Gasteiger partial charge in [-0.15, -0.1) is 10.2 Å². The number of carbonyl (C=O) groups is 1. The van der Waals surface area contributed by atoms with Crippen LogP contribution >= 0.6 is 11.8 Å². The maximum atomic E-state index is 13.6. The molecule has 30 heavy (non-hydrogen) atoms. The lowest BCUT2D eigenvalue weighted by Crippen LogP contribution is -2.09. The first-order valence-electron chi connectivity index (χ1n) is 9.40. The topological polar surface area (TPSA) is 84.9 Å². The number of hydrogen-bond donors (Lipinski definition) is 1. The molecule has 0 saturated carbocycles. The number of Topliss-reactive ketones (excluding diaryl/α,β-unsaturated/α-hetero) is 1. The Hall–Kier alpha value is -3.58. The van der Waals surface area contributed by atoms with E-state index in [0.29, 0.717) is 22.4 Å². The Bertz CT molecular complexity index is 1320. The number of aromatic nitrogens is 3. The first-order chi connectivity index (χ1) is 14.7. The predicted octanol–water partition coefficient (Wildman–Crippen LogP) is 5.84. The molecule has 0 unspecified atom stereocenters. The number of nitrogens with one attached hydrogen (secondary N) is 1. The van der Waals surface area contributed by atoms with Gasteiger partial charge in [-0.1, -0.05) is 48.5 Å². The van der Waals surface area contributed by atoms with Crippen LogP contribution in [0.2, 0.25) is 0 Å². The highest BCUT2D eigenvalue weighted by atomic mass is 32.2. The van der Waals surface area contributed by atoms with Gasteiger partial charge in [0.05, 0.1) is 11.8 Å². The zero-order valence-corrected chi connectivity index (χ0v) is 16.8. The van der Waals surface area contributed by atoms with Crippen molar-refractivity contribution in [3.63, 3.8) is 0 Å². The van der Waals surface area contributed by atoms with Gasteiger partial charge < -0.3 is 13.8 Å². The standard InChI is InChI=1S/C23H17N3O3S/c1-14-16(11-12-28-14)22-25-26-23(29-22)30-21(15-7-3-2-4-8-15)20(27)18-13-24-19-10-6-5-9-17(18)19/h2-13,21,24H,1H3/t21-/m0/s1. The monoisotopic (exact) mass is 415 g/mol. The molecule has 0 fully saturated rings. The lowest BCUT2D eigenvalue weighted by atomic mass is 10.0. The fraction of sp³-hybridized carbons (Fsp3) is 0.0870. The Kier molecular flexibility index (Phi) is 4.72. The second-order valence-corrected chi connectivity index (χ2v) is 7.84. The molecule has 0 aliphatic heterocycles. The highest BCUT2D eigenvalue weighted by Gasteiger charge is 2.28. The molecular weight excluding hydrogens is 398 g/mol. The van der Waals surface area contributed by atoms with Crippen LogP contribution in [-0.4, -0.2) is 21.0 Å². The molecule has 0 spiro atoms. The Morgan fingerprint density at radius 1 is 1.03 bits per heavy atom. The van der Waals surface area contributed by atoms with Crippen molar-refractivity contribution in [2.45, 2.75) is 17.4 Å². The average Bonchev–Trinajstić information content (AvgIpc) is 3.51. The average molecular weight is 415 g/mol. The lowest BCUT2D eigenvalue weighted by molar-refractivity contribution is 0.0990. The van der Waals surface area contributed by atoms with Crippen LogP contribution in [-0.2, 0) is 0 Å². The number of H-pyrrole nitrogens is 1. The Balaban J connectivity index is 1.51. The molecule has 0 radical (unpaired) electrons. The highest BCUT2D eigenvalue weighted by molar-refractivity contribution is 8.00. The number of thioether (sulfide) groups is 1. The number of ketones is 1. The van der Waals surface area contributed by atoms with Crippen molar-refractivity contribution in [1.29, 1.82) is 0 Å². The van der Waals surface area contributed by atoms with Gasteiger partial charge >= 0.3 is 0 Å². The SMILES string of the molecule is Cc1occc1-c1nnc(S[C@H](C(=O)c2c[nH]c3ccccc23)c2ccccc2)o1.